The third-order valence-electron chi connectivity index (χ3n) is 2.89. The van der Waals surface area contributed by atoms with Gasteiger partial charge in [0.2, 0.25) is 0 Å². The zero-order valence-corrected chi connectivity index (χ0v) is 11.2. The van der Waals surface area contributed by atoms with E-state index in [1.807, 2.05) is 18.7 Å². The van der Waals surface area contributed by atoms with Crippen molar-refractivity contribution in [2.75, 3.05) is 6.54 Å². The molecule has 18 heavy (non-hydrogen) atoms. The van der Waals surface area contributed by atoms with Gasteiger partial charge in [0.25, 0.3) is 0 Å². The zero-order chi connectivity index (χ0) is 13.7. The van der Waals surface area contributed by atoms with Gasteiger partial charge in [0.1, 0.15) is 5.82 Å². The zero-order valence-electron chi connectivity index (χ0n) is 10.5. The third-order valence-corrected chi connectivity index (χ3v) is 3.12. The van der Waals surface area contributed by atoms with Crippen LogP contribution in [0, 0.1) is 5.82 Å². The fourth-order valence-electron chi connectivity index (χ4n) is 1.83. The number of benzene rings is 1. The van der Waals surface area contributed by atoms with Crippen LogP contribution in [-0.4, -0.2) is 28.6 Å². The van der Waals surface area contributed by atoms with E-state index in [4.69, 9.17) is 16.7 Å². The summed E-state index contributed by atoms with van der Waals surface area (Å²) in [6, 6.07) is 4.40. The molecule has 0 saturated carbocycles. The molecule has 0 amide bonds. The van der Waals surface area contributed by atoms with Gasteiger partial charge in [0, 0.05) is 23.2 Å². The summed E-state index contributed by atoms with van der Waals surface area (Å²) in [4.78, 5) is 12.6. The van der Waals surface area contributed by atoms with Crippen LogP contribution in [0.2, 0.25) is 5.02 Å². The van der Waals surface area contributed by atoms with Gasteiger partial charge in [-0.05, 0) is 25.6 Å². The molecule has 1 aromatic carbocycles. The Morgan fingerprint density at radius 1 is 1.56 bits per heavy atom. The summed E-state index contributed by atoms with van der Waals surface area (Å²) >= 11 is 5.69. The molecular weight excluding hydrogens is 257 g/mol. The first-order chi connectivity index (χ1) is 8.43. The standard InChI is InChI=1S/C13H17ClFNO2/c1-3-16(9(2)6-13(17)18)8-10-4-5-11(14)7-12(10)15/h4-5,7,9H,3,6,8H2,1-2H3,(H,17,18). The van der Waals surface area contributed by atoms with Gasteiger partial charge in [-0.3, -0.25) is 9.69 Å². The highest BCUT2D eigenvalue weighted by Gasteiger charge is 2.17. The number of nitrogens with zero attached hydrogens (tertiary/aromatic N) is 1. The van der Waals surface area contributed by atoms with E-state index in [1.165, 1.54) is 6.07 Å². The summed E-state index contributed by atoms with van der Waals surface area (Å²) in [5.41, 5.74) is 0.526. The van der Waals surface area contributed by atoms with Crippen LogP contribution in [-0.2, 0) is 11.3 Å². The quantitative estimate of drug-likeness (QED) is 0.865. The minimum atomic E-state index is -0.850. The molecule has 0 aliphatic carbocycles. The van der Waals surface area contributed by atoms with E-state index in [1.54, 1.807) is 12.1 Å². The molecule has 0 aromatic heterocycles. The summed E-state index contributed by atoms with van der Waals surface area (Å²) in [7, 11) is 0. The molecule has 1 rings (SSSR count). The molecule has 1 aromatic rings. The van der Waals surface area contributed by atoms with E-state index in [9.17, 15) is 9.18 Å². The van der Waals surface area contributed by atoms with E-state index >= 15 is 0 Å². The van der Waals surface area contributed by atoms with Gasteiger partial charge in [-0.1, -0.05) is 24.6 Å². The second kappa shape index (κ2) is 6.71. The number of rotatable bonds is 6. The lowest BCUT2D eigenvalue weighted by Crippen LogP contribution is -2.34. The van der Waals surface area contributed by atoms with Crippen molar-refractivity contribution in [2.45, 2.75) is 32.9 Å². The summed E-state index contributed by atoms with van der Waals surface area (Å²) in [5, 5.41) is 9.13. The average molecular weight is 274 g/mol. The Labute approximate surface area is 111 Å². The number of aliphatic carboxylic acids is 1. The Morgan fingerprint density at radius 2 is 2.22 bits per heavy atom. The Hall–Kier alpha value is -1.13. The van der Waals surface area contributed by atoms with Gasteiger partial charge in [0.15, 0.2) is 0 Å². The molecule has 100 valence electrons. The average Bonchev–Trinajstić information content (AvgIpc) is 2.27. The van der Waals surface area contributed by atoms with Crippen molar-refractivity contribution in [1.29, 1.82) is 0 Å². The minimum absolute atomic E-state index is 0.0447. The lowest BCUT2D eigenvalue weighted by Gasteiger charge is -2.26. The van der Waals surface area contributed by atoms with Crippen molar-refractivity contribution in [3.63, 3.8) is 0 Å². The number of hydrogen-bond donors (Lipinski definition) is 1. The summed E-state index contributed by atoms with van der Waals surface area (Å²) in [6.45, 7) is 4.79. The molecule has 0 aliphatic rings. The normalized spacial score (nSPS) is 12.7. The number of carboxylic acids is 1. The molecule has 1 unspecified atom stereocenters. The molecule has 1 atom stereocenters. The van der Waals surface area contributed by atoms with E-state index in [-0.39, 0.29) is 18.3 Å². The second-order valence-electron chi connectivity index (χ2n) is 4.25. The van der Waals surface area contributed by atoms with Crippen LogP contribution in [0.5, 0.6) is 0 Å². The van der Waals surface area contributed by atoms with E-state index in [2.05, 4.69) is 0 Å². The van der Waals surface area contributed by atoms with Crippen molar-refractivity contribution in [1.82, 2.24) is 4.90 Å². The first-order valence-corrected chi connectivity index (χ1v) is 6.21. The molecule has 1 N–H and O–H groups in total. The fraction of sp³-hybridized carbons (Fsp3) is 0.462. The maximum Gasteiger partial charge on any atom is 0.304 e. The Bertz CT molecular complexity index is 425. The number of hydrogen-bond acceptors (Lipinski definition) is 2. The van der Waals surface area contributed by atoms with E-state index in [0.717, 1.165) is 0 Å². The number of halogens is 2. The number of carboxylic acid groups (broad SMARTS) is 1. The SMILES string of the molecule is CCN(Cc1ccc(Cl)cc1F)C(C)CC(=O)O. The van der Waals surface area contributed by atoms with Crippen molar-refractivity contribution >= 4 is 17.6 Å². The lowest BCUT2D eigenvalue weighted by atomic mass is 10.1. The van der Waals surface area contributed by atoms with Gasteiger partial charge < -0.3 is 5.11 Å². The summed E-state index contributed by atoms with van der Waals surface area (Å²) in [5.74, 6) is -1.21. The van der Waals surface area contributed by atoms with E-state index < -0.39 is 5.97 Å². The van der Waals surface area contributed by atoms with Gasteiger partial charge in [-0.15, -0.1) is 0 Å². The lowest BCUT2D eigenvalue weighted by molar-refractivity contribution is -0.138. The smallest absolute Gasteiger partial charge is 0.304 e. The van der Waals surface area contributed by atoms with Gasteiger partial charge >= 0.3 is 5.97 Å². The van der Waals surface area contributed by atoms with Gasteiger partial charge in [-0.25, -0.2) is 4.39 Å². The van der Waals surface area contributed by atoms with Crippen LogP contribution in [0.4, 0.5) is 4.39 Å². The van der Waals surface area contributed by atoms with Crippen LogP contribution in [0.3, 0.4) is 0 Å². The molecule has 0 bridgehead atoms. The summed E-state index contributed by atoms with van der Waals surface area (Å²) < 4.78 is 13.6. The molecule has 0 radical (unpaired) electrons. The molecular formula is C13H17ClFNO2. The van der Waals surface area contributed by atoms with Crippen molar-refractivity contribution < 1.29 is 14.3 Å². The molecule has 0 spiro atoms. The van der Waals surface area contributed by atoms with Crippen LogP contribution in [0.25, 0.3) is 0 Å². The van der Waals surface area contributed by atoms with Gasteiger partial charge in [-0.2, -0.15) is 0 Å². The Balaban J connectivity index is 2.76. The highest BCUT2D eigenvalue weighted by Crippen LogP contribution is 2.17. The molecule has 0 saturated heterocycles. The van der Waals surface area contributed by atoms with Crippen LogP contribution < -0.4 is 0 Å². The van der Waals surface area contributed by atoms with Crippen molar-refractivity contribution in [3.8, 4) is 0 Å². The third kappa shape index (κ3) is 4.27. The molecule has 0 heterocycles. The molecule has 5 heteroatoms. The molecule has 3 nitrogen and oxygen atoms in total. The molecule has 0 fully saturated rings. The fourth-order valence-corrected chi connectivity index (χ4v) is 1.99. The highest BCUT2D eigenvalue weighted by molar-refractivity contribution is 6.30. The van der Waals surface area contributed by atoms with Crippen molar-refractivity contribution in [3.05, 3.63) is 34.6 Å². The predicted octanol–water partition coefficient (Wildman–Crippen LogP) is 3.16. The second-order valence-corrected chi connectivity index (χ2v) is 4.68. The van der Waals surface area contributed by atoms with E-state index in [0.29, 0.717) is 23.7 Å². The predicted molar refractivity (Wildman–Crippen MR) is 69.2 cm³/mol. The Kier molecular flexibility index (Phi) is 5.56. The van der Waals surface area contributed by atoms with Gasteiger partial charge in [0.05, 0.1) is 6.42 Å². The maximum atomic E-state index is 13.6. The monoisotopic (exact) mass is 273 g/mol. The first-order valence-electron chi connectivity index (χ1n) is 5.83. The summed E-state index contributed by atoms with van der Waals surface area (Å²) in [6.07, 6.45) is 0.0447. The highest BCUT2D eigenvalue weighted by atomic mass is 35.5. The Morgan fingerprint density at radius 3 is 2.72 bits per heavy atom. The topological polar surface area (TPSA) is 40.5 Å². The van der Waals surface area contributed by atoms with Crippen LogP contribution >= 0.6 is 11.6 Å². The van der Waals surface area contributed by atoms with Crippen molar-refractivity contribution in [2.24, 2.45) is 0 Å². The largest absolute Gasteiger partial charge is 0.481 e. The maximum absolute atomic E-state index is 13.6. The van der Waals surface area contributed by atoms with Crippen LogP contribution in [0.15, 0.2) is 18.2 Å². The molecule has 0 aliphatic heterocycles. The first kappa shape index (κ1) is 14.9. The minimum Gasteiger partial charge on any atom is -0.481 e. The number of carbonyl (C=O) groups is 1. The van der Waals surface area contributed by atoms with Crippen LogP contribution in [0.1, 0.15) is 25.8 Å².